The number of aliphatic hydroxyl groups is 2. The number of carboxylic acid groups (broad SMARTS) is 1. The van der Waals surface area contributed by atoms with Gasteiger partial charge in [-0.1, -0.05) is 0 Å². The number of hydrogen-bond acceptors (Lipinski definition) is 12. The number of hydrogen-bond donors (Lipinski definition) is 11. The largest absolute Gasteiger partial charge is 0.480 e. The van der Waals surface area contributed by atoms with Gasteiger partial charge < -0.3 is 52.4 Å². The molecule has 2 aromatic rings. The highest BCUT2D eigenvalue weighted by Gasteiger charge is 2.45. The summed E-state index contributed by atoms with van der Waals surface area (Å²) in [6, 6.07) is -0.821. The minimum Gasteiger partial charge on any atom is -0.480 e. The number of aliphatic hydroxyl groups excluding tert-OH is 2. The van der Waals surface area contributed by atoms with Crippen molar-refractivity contribution in [3.05, 3.63) is 16.7 Å². The Labute approximate surface area is 202 Å². The number of nitrogens with one attached hydrogen (secondary N) is 3. The van der Waals surface area contributed by atoms with Gasteiger partial charge in [0.15, 0.2) is 23.4 Å². The van der Waals surface area contributed by atoms with Crippen LogP contribution in [-0.2, 0) is 18.6 Å². The molecule has 14 N–H and O–H groups in total. The van der Waals surface area contributed by atoms with E-state index in [9.17, 15) is 24.4 Å². The third-order valence-corrected chi connectivity index (χ3v) is 5.28. The molecule has 19 nitrogen and oxygen atoms in total. The normalized spacial score (nSPS) is 22.6. The summed E-state index contributed by atoms with van der Waals surface area (Å²) in [4.78, 5) is 49.4. The van der Waals surface area contributed by atoms with Crippen molar-refractivity contribution in [1.29, 1.82) is 5.41 Å². The number of anilines is 1. The van der Waals surface area contributed by atoms with Crippen LogP contribution in [0.25, 0.3) is 11.2 Å². The number of imidazole rings is 1. The maximum atomic E-state index is 11.7. The maximum Gasteiger partial charge on any atom is 0.469 e. The van der Waals surface area contributed by atoms with E-state index in [1.807, 2.05) is 0 Å². The molecule has 1 unspecified atom stereocenters. The molecule has 1 saturated heterocycles. The van der Waals surface area contributed by atoms with E-state index >= 15 is 0 Å². The van der Waals surface area contributed by atoms with Crippen molar-refractivity contribution in [2.75, 3.05) is 18.9 Å². The van der Waals surface area contributed by atoms with Crippen LogP contribution in [0.1, 0.15) is 19.1 Å². The maximum absolute atomic E-state index is 11.7. The van der Waals surface area contributed by atoms with Gasteiger partial charge in [-0.2, -0.15) is 4.98 Å². The summed E-state index contributed by atoms with van der Waals surface area (Å²) in [5.74, 6) is -1.29. The molecular weight excluding hydrogens is 509 g/mol. The highest BCUT2D eigenvalue weighted by atomic mass is 31.2. The fourth-order valence-electron chi connectivity index (χ4n) is 3.07. The second-order valence-corrected chi connectivity index (χ2v) is 8.77. The summed E-state index contributed by atoms with van der Waals surface area (Å²) in [6.07, 6.45) is -3.24. The number of phosphoric ester groups is 1. The van der Waals surface area contributed by atoms with Gasteiger partial charge in [0.25, 0.3) is 5.56 Å². The molecule has 3 heterocycles. The Kier molecular flexibility index (Phi) is 9.85. The first-order valence-corrected chi connectivity index (χ1v) is 11.7. The van der Waals surface area contributed by atoms with E-state index in [1.54, 1.807) is 0 Å². The third kappa shape index (κ3) is 7.93. The van der Waals surface area contributed by atoms with Crippen LogP contribution in [0.3, 0.4) is 0 Å². The van der Waals surface area contributed by atoms with Crippen molar-refractivity contribution in [3.63, 3.8) is 0 Å². The fraction of sp³-hybridized carbons (Fsp3) is 0.562. The average molecular weight is 537 g/mol. The molecule has 0 saturated carbocycles. The van der Waals surface area contributed by atoms with Crippen molar-refractivity contribution in [2.45, 2.75) is 43.4 Å². The number of ether oxygens (including phenoxy) is 1. The highest BCUT2D eigenvalue weighted by Crippen LogP contribution is 2.38. The number of guanidine groups is 1. The SMILES string of the molecule is N=C(N)NCCCC(N)C(=O)O.Nc1nc2c(ncn2[C@@H]2O[C@H](COP(=O)(O)O)[C@@H](O)[C@H]2O)c(=O)[nH]1. The topological polar surface area (TPSA) is 331 Å². The minimum absolute atomic E-state index is 0.0176. The molecule has 1 aliphatic rings. The number of nitrogens with two attached hydrogens (primary N) is 3. The van der Waals surface area contributed by atoms with Crippen LogP contribution in [0.2, 0.25) is 0 Å². The van der Waals surface area contributed by atoms with Crippen LogP contribution in [0, 0.1) is 5.41 Å². The Hall–Kier alpha value is -3.16. The molecule has 5 atom stereocenters. The number of aromatic amines is 1. The van der Waals surface area contributed by atoms with E-state index in [0.29, 0.717) is 19.4 Å². The molecule has 1 fully saturated rings. The molecule has 0 radical (unpaired) electrons. The van der Waals surface area contributed by atoms with Crippen LogP contribution in [0.4, 0.5) is 5.95 Å². The summed E-state index contributed by atoms with van der Waals surface area (Å²) in [5.41, 5.74) is 15.1. The van der Waals surface area contributed by atoms with E-state index in [1.165, 1.54) is 10.9 Å². The van der Waals surface area contributed by atoms with Gasteiger partial charge >= 0.3 is 13.8 Å². The molecule has 3 rings (SSSR count). The molecule has 0 spiro atoms. The van der Waals surface area contributed by atoms with E-state index < -0.39 is 56.5 Å². The summed E-state index contributed by atoms with van der Waals surface area (Å²) in [5, 5.41) is 37.8. The minimum atomic E-state index is -4.76. The third-order valence-electron chi connectivity index (χ3n) is 4.79. The van der Waals surface area contributed by atoms with E-state index in [0.717, 1.165) is 0 Å². The Balaban J connectivity index is 0.000000324. The Bertz CT molecular complexity index is 1170. The predicted octanol–water partition coefficient (Wildman–Crippen LogP) is -3.91. The van der Waals surface area contributed by atoms with Crippen molar-refractivity contribution >= 4 is 36.9 Å². The first kappa shape index (κ1) is 29.1. The summed E-state index contributed by atoms with van der Waals surface area (Å²) in [6.45, 7) is -0.169. The number of aromatic nitrogens is 4. The zero-order valence-corrected chi connectivity index (χ0v) is 19.5. The molecule has 0 bridgehead atoms. The average Bonchev–Trinajstić information content (AvgIpc) is 3.30. The van der Waals surface area contributed by atoms with E-state index in [-0.39, 0.29) is 23.1 Å². The molecule has 20 heteroatoms. The van der Waals surface area contributed by atoms with Gasteiger partial charge in [0.05, 0.1) is 12.9 Å². The number of carboxylic acids is 1. The zero-order chi connectivity index (χ0) is 27.2. The summed E-state index contributed by atoms with van der Waals surface area (Å²) < 4.78 is 21.6. The number of aliphatic carboxylic acids is 1. The van der Waals surface area contributed by atoms with Crippen LogP contribution in [0.15, 0.2) is 11.1 Å². The number of H-pyrrole nitrogens is 1. The Morgan fingerprint density at radius 3 is 2.64 bits per heavy atom. The molecular formula is C16H28N9O10P. The monoisotopic (exact) mass is 537 g/mol. The molecule has 0 aromatic carbocycles. The fourth-order valence-corrected chi connectivity index (χ4v) is 3.41. The smallest absolute Gasteiger partial charge is 0.469 e. The number of nitrogens with zero attached hydrogens (tertiary/aromatic N) is 3. The van der Waals surface area contributed by atoms with Gasteiger partial charge in [0.2, 0.25) is 5.95 Å². The lowest BCUT2D eigenvalue weighted by atomic mass is 10.1. The Morgan fingerprint density at radius 1 is 1.39 bits per heavy atom. The lowest BCUT2D eigenvalue weighted by Crippen LogP contribution is -2.34. The molecule has 202 valence electrons. The van der Waals surface area contributed by atoms with Gasteiger partial charge in [-0.15, -0.1) is 0 Å². The lowest BCUT2D eigenvalue weighted by molar-refractivity contribution is -0.138. The van der Waals surface area contributed by atoms with Crippen molar-refractivity contribution in [1.82, 2.24) is 24.8 Å². The number of carbonyl (C=O) groups is 1. The summed E-state index contributed by atoms with van der Waals surface area (Å²) >= 11 is 0. The first-order chi connectivity index (χ1) is 16.7. The Morgan fingerprint density at radius 2 is 2.06 bits per heavy atom. The number of phosphoric acid groups is 1. The number of nitrogen functional groups attached to an aromatic ring is 1. The molecule has 36 heavy (non-hydrogen) atoms. The second-order valence-electron chi connectivity index (χ2n) is 7.54. The van der Waals surface area contributed by atoms with Gasteiger partial charge in [-0.25, -0.2) is 9.55 Å². The van der Waals surface area contributed by atoms with Crippen molar-refractivity contribution in [3.8, 4) is 0 Å². The van der Waals surface area contributed by atoms with Crippen LogP contribution in [-0.4, -0.2) is 94.1 Å². The quantitative estimate of drug-likeness (QED) is 0.0629. The number of fused-ring (bicyclic) bond motifs is 1. The van der Waals surface area contributed by atoms with Crippen molar-refractivity contribution in [2.24, 2.45) is 11.5 Å². The van der Waals surface area contributed by atoms with Crippen LogP contribution >= 0.6 is 7.82 Å². The predicted molar refractivity (Wildman–Crippen MR) is 121 cm³/mol. The molecule has 2 aromatic heterocycles. The standard InChI is InChI=1S/C10H14N5O8P.C6H14N4O2/c11-10-13-7-4(8(18)14-10)12-2-15(7)9-6(17)5(16)3(23-9)1-22-24(19,20)21;7-4(5(11)12)2-1-3-10-6(8)9/h2-3,5-6,9,16-17H,1H2,(H2,19,20,21)(H3,11,13,14,18);4H,1-3,7H2,(H,11,12)(H4,8,9,10)/t3-,5-,6-,9-;/m1./s1. The van der Waals surface area contributed by atoms with Crippen LogP contribution in [0.5, 0.6) is 0 Å². The van der Waals surface area contributed by atoms with Gasteiger partial charge in [-0.05, 0) is 12.8 Å². The first-order valence-electron chi connectivity index (χ1n) is 10.2. The van der Waals surface area contributed by atoms with E-state index in [2.05, 4.69) is 24.8 Å². The second kappa shape index (κ2) is 12.2. The van der Waals surface area contributed by atoms with E-state index in [4.69, 9.17) is 42.2 Å². The molecule has 1 aliphatic heterocycles. The number of rotatable bonds is 9. The zero-order valence-electron chi connectivity index (χ0n) is 18.6. The lowest BCUT2D eigenvalue weighted by Gasteiger charge is -2.16. The van der Waals surface area contributed by atoms with Gasteiger partial charge in [-0.3, -0.25) is 29.1 Å². The van der Waals surface area contributed by atoms with Gasteiger partial charge in [0.1, 0.15) is 24.4 Å². The van der Waals surface area contributed by atoms with Crippen molar-refractivity contribution < 1.29 is 43.7 Å². The highest BCUT2D eigenvalue weighted by molar-refractivity contribution is 7.46. The molecule has 0 aliphatic carbocycles. The summed E-state index contributed by atoms with van der Waals surface area (Å²) in [7, 11) is -4.76. The van der Waals surface area contributed by atoms with Crippen LogP contribution < -0.4 is 28.1 Å². The molecule has 0 amide bonds. The van der Waals surface area contributed by atoms with Gasteiger partial charge in [0, 0.05) is 6.54 Å².